The van der Waals surface area contributed by atoms with Crippen LogP contribution in [0.1, 0.15) is 5.56 Å². The summed E-state index contributed by atoms with van der Waals surface area (Å²) in [6, 6.07) is 4.38. The van der Waals surface area contributed by atoms with Crippen LogP contribution in [-0.4, -0.2) is 17.3 Å². The highest BCUT2D eigenvalue weighted by molar-refractivity contribution is 5.57. The highest BCUT2D eigenvalue weighted by atomic mass is 19.1. The van der Waals surface area contributed by atoms with E-state index in [0.29, 0.717) is 5.56 Å². The van der Waals surface area contributed by atoms with Gasteiger partial charge in [0.2, 0.25) is 0 Å². The Balaban J connectivity index is 2.48. The zero-order valence-electron chi connectivity index (χ0n) is 8.32. The van der Waals surface area contributed by atoms with E-state index in [2.05, 4.69) is 10.2 Å². The number of rotatable bonds is 2. The fourth-order valence-corrected chi connectivity index (χ4v) is 1.23. The Morgan fingerprint density at radius 1 is 1.33 bits per heavy atom. The molecule has 2 aromatic rings. The lowest BCUT2D eigenvalue weighted by molar-refractivity contribution is 0.293. The molecule has 0 atom stereocenters. The van der Waals surface area contributed by atoms with E-state index in [0.717, 1.165) is 5.56 Å². The smallest absolute Gasteiger partial charge is 0.414 e. The molecule has 0 fully saturated rings. The highest BCUT2D eigenvalue weighted by Gasteiger charge is 2.11. The average molecular weight is 208 g/mol. The van der Waals surface area contributed by atoms with Crippen molar-refractivity contribution in [2.45, 2.75) is 6.92 Å². The molecule has 0 aliphatic carbocycles. The normalized spacial score (nSPS) is 10.3. The van der Waals surface area contributed by atoms with Crippen LogP contribution >= 0.6 is 0 Å². The van der Waals surface area contributed by atoms with Crippen molar-refractivity contribution in [1.29, 1.82) is 0 Å². The summed E-state index contributed by atoms with van der Waals surface area (Å²) in [7, 11) is 1.43. The summed E-state index contributed by atoms with van der Waals surface area (Å²) in [5.74, 6) is -0.0865. The number of benzene rings is 1. The van der Waals surface area contributed by atoms with Crippen LogP contribution in [0, 0.1) is 12.7 Å². The molecule has 15 heavy (non-hydrogen) atoms. The molecule has 0 amide bonds. The minimum Gasteiger partial charge on any atom is -0.452 e. The van der Waals surface area contributed by atoms with Gasteiger partial charge in [0.1, 0.15) is 5.82 Å². The van der Waals surface area contributed by atoms with E-state index >= 15 is 0 Å². The molecule has 5 heteroatoms. The van der Waals surface area contributed by atoms with E-state index in [9.17, 15) is 4.39 Å². The fourth-order valence-electron chi connectivity index (χ4n) is 1.23. The predicted molar refractivity (Wildman–Crippen MR) is 51.0 cm³/mol. The predicted octanol–water partition coefficient (Wildman–Crippen LogP) is 2.19. The lowest BCUT2D eigenvalue weighted by atomic mass is 10.1. The van der Waals surface area contributed by atoms with Crippen LogP contribution in [0.4, 0.5) is 4.39 Å². The second-order valence-electron chi connectivity index (χ2n) is 3.04. The summed E-state index contributed by atoms with van der Waals surface area (Å²) in [5.41, 5.74) is 1.44. The van der Waals surface area contributed by atoms with Crippen LogP contribution in [0.15, 0.2) is 22.6 Å². The van der Waals surface area contributed by atoms with Gasteiger partial charge in [-0.3, -0.25) is 0 Å². The standard InChI is InChI=1S/C10H9FN2O2/c1-6-3-4-7(11)5-8(6)9-12-13-10(14-2)15-9/h3-5H,1-2H3. The molecule has 1 aromatic heterocycles. The lowest BCUT2D eigenvalue weighted by Gasteiger charge is -1.99. The largest absolute Gasteiger partial charge is 0.452 e. The maximum Gasteiger partial charge on any atom is 0.414 e. The highest BCUT2D eigenvalue weighted by Crippen LogP contribution is 2.24. The SMILES string of the molecule is COc1nnc(-c2cc(F)ccc2C)o1. The van der Waals surface area contributed by atoms with Crippen molar-refractivity contribution in [2.75, 3.05) is 7.11 Å². The Bertz CT molecular complexity index is 482. The summed E-state index contributed by atoms with van der Waals surface area (Å²) >= 11 is 0. The zero-order chi connectivity index (χ0) is 10.8. The van der Waals surface area contributed by atoms with E-state index in [1.165, 1.54) is 19.2 Å². The number of aryl methyl sites for hydroxylation is 1. The minimum atomic E-state index is -0.340. The summed E-state index contributed by atoms with van der Waals surface area (Å²) in [4.78, 5) is 0. The summed E-state index contributed by atoms with van der Waals surface area (Å²) in [5, 5.41) is 7.37. The molecule has 0 spiro atoms. The topological polar surface area (TPSA) is 48.2 Å². The van der Waals surface area contributed by atoms with Gasteiger partial charge in [-0.05, 0) is 24.6 Å². The molecule has 0 aliphatic rings. The van der Waals surface area contributed by atoms with Crippen LogP contribution in [0.5, 0.6) is 6.08 Å². The van der Waals surface area contributed by atoms with Crippen LogP contribution < -0.4 is 4.74 Å². The van der Waals surface area contributed by atoms with Crippen LogP contribution in [-0.2, 0) is 0 Å². The van der Waals surface area contributed by atoms with E-state index in [1.807, 2.05) is 6.92 Å². The van der Waals surface area contributed by atoms with Gasteiger partial charge in [-0.15, -0.1) is 5.10 Å². The quantitative estimate of drug-likeness (QED) is 0.759. The number of nitrogens with zero attached hydrogens (tertiary/aromatic N) is 2. The Labute approximate surface area is 85.7 Å². The average Bonchev–Trinajstić information content (AvgIpc) is 2.70. The number of aromatic nitrogens is 2. The van der Waals surface area contributed by atoms with Gasteiger partial charge in [-0.25, -0.2) is 4.39 Å². The Morgan fingerprint density at radius 3 is 2.80 bits per heavy atom. The van der Waals surface area contributed by atoms with Crippen molar-refractivity contribution in [3.8, 4) is 17.5 Å². The Kier molecular flexibility index (Phi) is 2.37. The number of halogens is 1. The van der Waals surface area contributed by atoms with Gasteiger partial charge < -0.3 is 9.15 Å². The molecule has 0 N–H and O–H groups in total. The first-order valence-electron chi connectivity index (χ1n) is 4.34. The van der Waals surface area contributed by atoms with Crippen molar-refractivity contribution in [2.24, 2.45) is 0 Å². The van der Waals surface area contributed by atoms with Crippen LogP contribution in [0.3, 0.4) is 0 Å². The maximum absolute atomic E-state index is 13.0. The minimum absolute atomic E-state index is 0.0636. The van der Waals surface area contributed by atoms with E-state index in [4.69, 9.17) is 9.15 Å². The van der Waals surface area contributed by atoms with Gasteiger partial charge in [0.05, 0.1) is 7.11 Å². The third-order valence-corrected chi connectivity index (χ3v) is 2.01. The molecule has 0 aliphatic heterocycles. The van der Waals surface area contributed by atoms with Gasteiger partial charge in [0.25, 0.3) is 5.89 Å². The molecule has 4 nitrogen and oxygen atoms in total. The van der Waals surface area contributed by atoms with Crippen molar-refractivity contribution < 1.29 is 13.5 Å². The molecule has 1 aromatic carbocycles. The van der Waals surface area contributed by atoms with Gasteiger partial charge >= 0.3 is 6.08 Å². The summed E-state index contributed by atoms with van der Waals surface area (Å²) < 4.78 is 22.9. The Hall–Kier alpha value is -1.91. The summed E-state index contributed by atoms with van der Waals surface area (Å²) in [6.07, 6.45) is 0.0636. The first kappa shape index (κ1) is 9.64. The van der Waals surface area contributed by atoms with Gasteiger partial charge in [-0.1, -0.05) is 11.2 Å². The van der Waals surface area contributed by atoms with Crippen molar-refractivity contribution in [3.63, 3.8) is 0 Å². The third-order valence-electron chi connectivity index (χ3n) is 2.01. The first-order valence-corrected chi connectivity index (χ1v) is 4.34. The molecule has 0 saturated carbocycles. The van der Waals surface area contributed by atoms with E-state index in [1.54, 1.807) is 6.07 Å². The maximum atomic E-state index is 13.0. The van der Waals surface area contributed by atoms with Crippen molar-refractivity contribution >= 4 is 0 Å². The van der Waals surface area contributed by atoms with Crippen LogP contribution in [0.25, 0.3) is 11.5 Å². The molecular formula is C10H9FN2O2. The molecule has 0 unspecified atom stereocenters. The molecule has 78 valence electrons. The first-order chi connectivity index (χ1) is 7.20. The fraction of sp³-hybridized carbons (Fsp3) is 0.200. The van der Waals surface area contributed by atoms with Gasteiger partial charge in [0.15, 0.2) is 0 Å². The van der Waals surface area contributed by atoms with Gasteiger partial charge in [0, 0.05) is 5.56 Å². The molecule has 2 rings (SSSR count). The number of methoxy groups -OCH3 is 1. The second-order valence-corrected chi connectivity index (χ2v) is 3.04. The van der Waals surface area contributed by atoms with Gasteiger partial charge in [-0.2, -0.15) is 0 Å². The molecular weight excluding hydrogens is 199 g/mol. The molecule has 0 radical (unpaired) electrons. The van der Waals surface area contributed by atoms with Crippen molar-refractivity contribution in [3.05, 3.63) is 29.6 Å². The lowest BCUT2D eigenvalue weighted by Crippen LogP contribution is -1.85. The zero-order valence-corrected chi connectivity index (χ0v) is 8.32. The summed E-state index contributed by atoms with van der Waals surface area (Å²) in [6.45, 7) is 1.84. The molecule has 1 heterocycles. The third kappa shape index (κ3) is 1.81. The van der Waals surface area contributed by atoms with Crippen LogP contribution in [0.2, 0.25) is 0 Å². The number of hydrogen-bond donors (Lipinski definition) is 0. The van der Waals surface area contributed by atoms with Crippen molar-refractivity contribution in [1.82, 2.24) is 10.2 Å². The van der Waals surface area contributed by atoms with E-state index in [-0.39, 0.29) is 17.8 Å². The monoisotopic (exact) mass is 208 g/mol. The molecule has 0 bridgehead atoms. The van der Waals surface area contributed by atoms with E-state index < -0.39 is 0 Å². The molecule has 0 saturated heterocycles. The second kappa shape index (κ2) is 3.68. The number of hydrogen-bond acceptors (Lipinski definition) is 4. The Morgan fingerprint density at radius 2 is 2.13 bits per heavy atom. The number of ether oxygens (including phenoxy) is 1.